The number of benzene rings is 1. The Morgan fingerprint density at radius 2 is 1.68 bits per heavy atom. The summed E-state index contributed by atoms with van der Waals surface area (Å²) in [5.41, 5.74) is 0.939. The Morgan fingerprint density at radius 1 is 1.00 bits per heavy atom. The first kappa shape index (κ1) is 29.8. The van der Waals surface area contributed by atoms with E-state index in [0.717, 1.165) is 30.8 Å². The van der Waals surface area contributed by atoms with E-state index >= 15 is 0 Å². The number of carbonyl (C=O) groups excluding carboxylic acids is 2. The van der Waals surface area contributed by atoms with Crippen LogP contribution in [0.25, 0.3) is 0 Å². The predicted molar refractivity (Wildman–Crippen MR) is 146 cm³/mol. The quantitative estimate of drug-likeness (QED) is 0.392. The molecule has 1 aliphatic heterocycles. The average molecular weight is 530 g/mol. The third-order valence-corrected chi connectivity index (χ3v) is 6.73. The van der Waals surface area contributed by atoms with Gasteiger partial charge in [0.05, 0.1) is 26.3 Å². The molecule has 0 unspecified atom stereocenters. The van der Waals surface area contributed by atoms with Crippen LogP contribution in [0, 0.1) is 24.1 Å². The molecule has 1 fully saturated rings. The molecule has 1 aromatic carbocycles. The molecule has 0 aliphatic carbocycles. The van der Waals surface area contributed by atoms with Crippen molar-refractivity contribution in [2.45, 2.75) is 60.5 Å². The van der Waals surface area contributed by atoms with Crippen molar-refractivity contribution in [3.8, 4) is 0 Å². The van der Waals surface area contributed by atoms with Crippen molar-refractivity contribution >= 4 is 11.8 Å². The van der Waals surface area contributed by atoms with Crippen molar-refractivity contribution in [3.05, 3.63) is 59.3 Å². The molecule has 210 valence electrons. The van der Waals surface area contributed by atoms with Crippen LogP contribution in [0.5, 0.6) is 0 Å². The third kappa shape index (κ3) is 10.2. The van der Waals surface area contributed by atoms with Gasteiger partial charge in [-0.15, -0.1) is 0 Å². The normalized spacial score (nSPS) is 15.3. The number of rotatable bonds is 12. The van der Waals surface area contributed by atoms with Crippen molar-refractivity contribution in [2.24, 2.45) is 11.3 Å². The van der Waals surface area contributed by atoms with E-state index < -0.39 is 0 Å². The van der Waals surface area contributed by atoms with E-state index in [1.807, 2.05) is 19.1 Å². The molecule has 8 heteroatoms. The van der Waals surface area contributed by atoms with E-state index in [4.69, 9.17) is 9.15 Å². The lowest BCUT2D eigenvalue weighted by atomic mass is 9.84. The zero-order valence-electron chi connectivity index (χ0n) is 23.7. The van der Waals surface area contributed by atoms with E-state index in [2.05, 4.69) is 32.6 Å². The fourth-order valence-corrected chi connectivity index (χ4v) is 4.99. The Bertz CT molecular complexity index is 1020. The molecule has 38 heavy (non-hydrogen) atoms. The summed E-state index contributed by atoms with van der Waals surface area (Å²) in [6, 6.07) is 9.87. The van der Waals surface area contributed by atoms with Crippen LogP contribution in [0.1, 0.15) is 57.6 Å². The largest absolute Gasteiger partial charge is 0.464 e. The highest BCUT2D eigenvalue weighted by Gasteiger charge is 2.26. The van der Waals surface area contributed by atoms with Crippen molar-refractivity contribution < 1.29 is 23.1 Å². The Labute approximate surface area is 226 Å². The van der Waals surface area contributed by atoms with Gasteiger partial charge in [-0.2, -0.15) is 0 Å². The maximum atomic E-state index is 13.7. The molecule has 0 saturated carbocycles. The summed E-state index contributed by atoms with van der Waals surface area (Å²) in [7, 11) is 0. The van der Waals surface area contributed by atoms with Gasteiger partial charge in [0.15, 0.2) is 0 Å². The number of halogens is 1. The first-order valence-corrected chi connectivity index (χ1v) is 13.6. The molecule has 2 heterocycles. The van der Waals surface area contributed by atoms with Gasteiger partial charge in [0, 0.05) is 39.1 Å². The summed E-state index contributed by atoms with van der Waals surface area (Å²) in [4.78, 5) is 32.8. The molecule has 2 aromatic rings. The summed E-state index contributed by atoms with van der Waals surface area (Å²) in [5.74, 6) is 1.16. The topological polar surface area (TPSA) is 66.2 Å². The molecule has 0 radical (unpaired) electrons. The van der Waals surface area contributed by atoms with Gasteiger partial charge < -0.3 is 19.0 Å². The highest BCUT2D eigenvalue weighted by molar-refractivity contribution is 5.85. The Balaban J connectivity index is 1.74. The molecule has 2 amide bonds. The smallest absolute Gasteiger partial charge is 0.242 e. The van der Waals surface area contributed by atoms with E-state index in [-0.39, 0.29) is 42.1 Å². The van der Waals surface area contributed by atoms with E-state index in [9.17, 15) is 14.0 Å². The minimum absolute atomic E-state index is 0.000986. The Hall–Kier alpha value is -2.71. The number of morpholine rings is 1. The lowest BCUT2D eigenvalue weighted by Crippen LogP contribution is -2.47. The number of carbonyl (C=O) groups is 2. The van der Waals surface area contributed by atoms with E-state index in [1.165, 1.54) is 12.1 Å². The van der Waals surface area contributed by atoms with Crippen LogP contribution >= 0.6 is 0 Å². The Kier molecular flexibility index (Phi) is 10.9. The molecular weight excluding hydrogens is 485 g/mol. The second-order valence-corrected chi connectivity index (χ2v) is 11.7. The molecule has 7 nitrogen and oxygen atoms in total. The van der Waals surface area contributed by atoms with Gasteiger partial charge in [0.1, 0.15) is 17.3 Å². The highest BCUT2D eigenvalue weighted by atomic mass is 19.1. The first-order chi connectivity index (χ1) is 18.0. The lowest BCUT2D eigenvalue weighted by molar-refractivity contribution is -0.142. The molecule has 1 aromatic heterocycles. The Morgan fingerprint density at radius 3 is 2.29 bits per heavy atom. The molecule has 0 bridgehead atoms. The number of hydrogen-bond donors (Lipinski definition) is 0. The van der Waals surface area contributed by atoms with Crippen LogP contribution in [-0.4, -0.2) is 72.5 Å². The van der Waals surface area contributed by atoms with Crippen molar-refractivity contribution in [2.75, 3.05) is 45.9 Å². The van der Waals surface area contributed by atoms with Crippen LogP contribution in [0.15, 0.2) is 40.8 Å². The van der Waals surface area contributed by atoms with Gasteiger partial charge in [0.2, 0.25) is 11.8 Å². The zero-order valence-corrected chi connectivity index (χ0v) is 23.7. The first-order valence-electron chi connectivity index (χ1n) is 13.6. The monoisotopic (exact) mass is 529 g/mol. The van der Waals surface area contributed by atoms with Gasteiger partial charge in [0.25, 0.3) is 0 Å². The van der Waals surface area contributed by atoms with Crippen LogP contribution in [0.2, 0.25) is 0 Å². The van der Waals surface area contributed by atoms with Crippen LogP contribution in [-0.2, 0) is 27.4 Å². The molecule has 0 N–H and O–H groups in total. The molecule has 1 atom stereocenters. The molecule has 1 saturated heterocycles. The fourth-order valence-electron chi connectivity index (χ4n) is 4.99. The summed E-state index contributed by atoms with van der Waals surface area (Å²) < 4.78 is 24.7. The lowest BCUT2D eigenvalue weighted by Gasteiger charge is -2.32. The minimum Gasteiger partial charge on any atom is -0.464 e. The zero-order chi connectivity index (χ0) is 27.7. The van der Waals surface area contributed by atoms with E-state index in [0.29, 0.717) is 45.0 Å². The SMILES string of the molecule is Cc1ccc(CN(Cc2ccc(F)cc2)C(=O)CN(CCN2CCOCC2)C(=O)C[C@@H](C)CC(C)(C)C)o1. The van der Waals surface area contributed by atoms with Gasteiger partial charge in [-0.05, 0) is 54.5 Å². The summed E-state index contributed by atoms with van der Waals surface area (Å²) >= 11 is 0. The second-order valence-electron chi connectivity index (χ2n) is 11.7. The third-order valence-electron chi connectivity index (χ3n) is 6.73. The van der Waals surface area contributed by atoms with Crippen molar-refractivity contribution in [1.29, 1.82) is 0 Å². The standard InChI is InChI=1S/C30H44FN3O4/c1-23(19-30(3,4)5)18-28(35)33(13-12-32-14-16-37-17-15-32)22-29(36)34(21-27-11-6-24(2)38-27)20-25-7-9-26(31)10-8-25/h6-11,23H,12-22H2,1-5H3/t23-/m1/s1. The van der Waals surface area contributed by atoms with Gasteiger partial charge in [-0.1, -0.05) is 39.8 Å². The van der Waals surface area contributed by atoms with Crippen LogP contribution < -0.4 is 0 Å². The van der Waals surface area contributed by atoms with Gasteiger partial charge >= 0.3 is 0 Å². The van der Waals surface area contributed by atoms with Gasteiger partial charge in [-0.25, -0.2) is 4.39 Å². The molecular formula is C30H44FN3O4. The predicted octanol–water partition coefficient (Wildman–Crippen LogP) is 4.88. The minimum atomic E-state index is -0.322. The maximum absolute atomic E-state index is 13.7. The van der Waals surface area contributed by atoms with Crippen LogP contribution in [0.4, 0.5) is 4.39 Å². The maximum Gasteiger partial charge on any atom is 0.242 e. The molecule has 1 aliphatic rings. The number of aryl methyl sites for hydroxylation is 1. The van der Waals surface area contributed by atoms with Crippen molar-refractivity contribution in [1.82, 2.24) is 14.7 Å². The van der Waals surface area contributed by atoms with Crippen LogP contribution in [0.3, 0.4) is 0 Å². The average Bonchev–Trinajstić information content (AvgIpc) is 3.26. The number of ether oxygens (including phenoxy) is 1. The fraction of sp³-hybridized carbons (Fsp3) is 0.600. The number of nitrogens with zero attached hydrogens (tertiary/aromatic N) is 3. The summed E-state index contributed by atoms with van der Waals surface area (Å²) in [5, 5.41) is 0. The second kappa shape index (κ2) is 13.9. The van der Waals surface area contributed by atoms with Gasteiger partial charge in [-0.3, -0.25) is 14.5 Å². The van der Waals surface area contributed by atoms with E-state index in [1.54, 1.807) is 21.9 Å². The molecule has 3 rings (SSSR count). The number of furan rings is 1. The summed E-state index contributed by atoms with van der Waals surface area (Å²) in [6.45, 7) is 15.3. The van der Waals surface area contributed by atoms with Crippen molar-refractivity contribution in [3.63, 3.8) is 0 Å². The summed E-state index contributed by atoms with van der Waals surface area (Å²) in [6.07, 6.45) is 1.33. The highest BCUT2D eigenvalue weighted by Crippen LogP contribution is 2.26. The number of hydrogen-bond acceptors (Lipinski definition) is 5. The molecule has 0 spiro atoms. The number of amides is 2.